The van der Waals surface area contributed by atoms with E-state index in [1.165, 1.54) is 4.88 Å². The van der Waals surface area contributed by atoms with Crippen molar-refractivity contribution in [2.75, 3.05) is 44.4 Å². The predicted octanol–water partition coefficient (Wildman–Crippen LogP) is 1.50. The number of rotatable bonds is 7. The topological polar surface area (TPSA) is 80.8 Å². The van der Waals surface area contributed by atoms with Gasteiger partial charge in [-0.05, 0) is 30.0 Å². The first-order valence-corrected chi connectivity index (χ1v) is 9.36. The zero-order valence-electron chi connectivity index (χ0n) is 14.3. The third-order valence-corrected chi connectivity index (χ3v) is 4.86. The van der Waals surface area contributed by atoms with Gasteiger partial charge in [-0.2, -0.15) is 0 Å². The van der Waals surface area contributed by atoms with E-state index in [9.17, 15) is 9.59 Å². The minimum Gasteiger partial charge on any atom is -0.452 e. The molecule has 3 heterocycles. The maximum Gasteiger partial charge on any atom is 0.342 e. The van der Waals surface area contributed by atoms with Gasteiger partial charge in [-0.15, -0.1) is 11.3 Å². The number of esters is 1. The van der Waals surface area contributed by atoms with Crippen molar-refractivity contribution in [1.29, 1.82) is 0 Å². The highest BCUT2D eigenvalue weighted by molar-refractivity contribution is 7.09. The lowest BCUT2D eigenvalue weighted by Crippen LogP contribution is -2.38. The van der Waals surface area contributed by atoms with E-state index in [4.69, 9.17) is 9.47 Å². The molecule has 1 aliphatic rings. The maximum atomic E-state index is 12.4. The highest BCUT2D eigenvalue weighted by atomic mass is 32.1. The van der Waals surface area contributed by atoms with E-state index in [2.05, 4.69) is 10.3 Å². The van der Waals surface area contributed by atoms with Gasteiger partial charge in [-0.25, -0.2) is 9.78 Å². The van der Waals surface area contributed by atoms with Crippen molar-refractivity contribution in [2.24, 2.45) is 0 Å². The Morgan fingerprint density at radius 3 is 2.88 bits per heavy atom. The number of ether oxygens (including phenoxy) is 2. The van der Waals surface area contributed by atoms with Crippen molar-refractivity contribution in [3.05, 3.63) is 46.3 Å². The van der Waals surface area contributed by atoms with Crippen LogP contribution in [0.25, 0.3) is 0 Å². The smallest absolute Gasteiger partial charge is 0.342 e. The molecular weight excluding hydrogens is 354 g/mol. The number of hydrogen-bond donors (Lipinski definition) is 1. The summed E-state index contributed by atoms with van der Waals surface area (Å²) in [4.78, 5) is 31.7. The number of carbonyl (C=O) groups excluding carboxylic acids is 2. The summed E-state index contributed by atoms with van der Waals surface area (Å²) in [5.74, 6) is -0.293. The number of aromatic nitrogens is 1. The van der Waals surface area contributed by atoms with Crippen molar-refractivity contribution < 1.29 is 19.1 Å². The second kappa shape index (κ2) is 9.30. The number of morpholine rings is 1. The molecule has 138 valence electrons. The van der Waals surface area contributed by atoms with Gasteiger partial charge in [0.15, 0.2) is 6.61 Å². The number of hydrogen-bond acceptors (Lipinski definition) is 7. The Labute approximate surface area is 155 Å². The summed E-state index contributed by atoms with van der Waals surface area (Å²) in [7, 11) is 0. The summed E-state index contributed by atoms with van der Waals surface area (Å²) in [5.41, 5.74) is 0.362. The zero-order valence-corrected chi connectivity index (χ0v) is 15.2. The molecule has 1 saturated heterocycles. The van der Waals surface area contributed by atoms with E-state index < -0.39 is 5.97 Å². The molecular formula is C18H21N3O4S. The highest BCUT2D eigenvalue weighted by Crippen LogP contribution is 2.19. The van der Waals surface area contributed by atoms with Crippen LogP contribution in [0, 0.1) is 0 Å². The SMILES string of the molecule is O=C(COC(=O)c1cccnc1N1CCOCC1)NCCc1cccs1. The molecule has 1 aliphatic heterocycles. The first kappa shape index (κ1) is 18.3. The molecule has 0 spiro atoms. The predicted molar refractivity (Wildman–Crippen MR) is 98.6 cm³/mol. The van der Waals surface area contributed by atoms with Crippen molar-refractivity contribution >= 4 is 29.0 Å². The fourth-order valence-electron chi connectivity index (χ4n) is 2.62. The van der Waals surface area contributed by atoms with E-state index in [1.807, 2.05) is 22.4 Å². The van der Waals surface area contributed by atoms with Gasteiger partial charge in [-0.3, -0.25) is 4.79 Å². The molecule has 2 aromatic heterocycles. The normalized spacial score (nSPS) is 14.1. The molecule has 2 aromatic rings. The molecule has 0 saturated carbocycles. The third-order valence-electron chi connectivity index (χ3n) is 3.93. The highest BCUT2D eigenvalue weighted by Gasteiger charge is 2.21. The van der Waals surface area contributed by atoms with Gasteiger partial charge in [0.2, 0.25) is 0 Å². The third kappa shape index (κ3) is 5.03. The van der Waals surface area contributed by atoms with Gasteiger partial charge in [0.1, 0.15) is 11.4 Å². The second-order valence-electron chi connectivity index (χ2n) is 5.73. The summed E-state index contributed by atoms with van der Waals surface area (Å²) in [5, 5.41) is 4.75. The first-order valence-electron chi connectivity index (χ1n) is 8.48. The van der Waals surface area contributed by atoms with Crippen LogP contribution in [0.3, 0.4) is 0 Å². The Balaban J connectivity index is 1.49. The number of thiophene rings is 1. The Hall–Kier alpha value is -2.45. The Morgan fingerprint density at radius 2 is 2.12 bits per heavy atom. The molecule has 1 amide bonds. The minimum atomic E-state index is -0.548. The van der Waals surface area contributed by atoms with Crippen LogP contribution >= 0.6 is 11.3 Å². The number of nitrogens with zero attached hydrogens (tertiary/aromatic N) is 2. The van der Waals surface area contributed by atoms with Crippen LogP contribution in [0.5, 0.6) is 0 Å². The largest absolute Gasteiger partial charge is 0.452 e. The molecule has 0 unspecified atom stereocenters. The molecule has 1 fully saturated rings. The monoisotopic (exact) mass is 375 g/mol. The zero-order chi connectivity index (χ0) is 18.2. The lowest BCUT2D eigenvalue weighted by atomic mass is 10.2. The molecule has 8 heteroatoms. The number of pyridine rings is 1. The van der Waals surface area contributed by atoms with Crippen LogP contribution in [-0.2, 0) is 20.7 Å². The van der Waals surface area contributed by atoms with E-state index in [-0.39, 0.29) is 12.5 Å². The quantitative estimate of drug-likeness (QED) is 0.739. The van der Waals surface area contributed by atoms with Crippen LogP contribution in [0.2, 0.25) is 0 Å². The van der Waals surface area contributed by atoms with Crippen molar-refractivity contribution in [3.8, 4) is 0 Å². The molecule has 1 N–H and O–H groups in total. The summed E-state index contributed by atoms with van der Waals surface area (Å²) >= 11 is 1.65. The summed E-state index contributed by atoms with van der Waals surface area (Å²) in [6.45, 7) is 2.74. The minimum absolute atomic E-state index is 0.305. The molecule has 0 radical (unpaired) electrons. The van der Waals surface area contributed by atoms with Gasteiger partial charge in [-0.1, -0.05) is 6.07 Å². The van der Waals surface area contributed by atoms with Gasteiger partial charge in [0, 0.05) is 30.7 Å². The van der Waals surface area contributed by atoms with E-state index >= 15 is 0 Å². The lowest BCUT2D eigenvalue weighted by molar-refractivity contribution is -0.124. The molecule has 0 aliphatic carbocycles. The van der Waals surface area contributed by atoms with Gasteiger partial charge in [0.05, 0.1) is 13.2 Å². The maximum absolute atomic E-state index is 12.4. The van der Waals surface area contributed by atoms with Gasteiger partial charge >= 0.3 is 5.97 Å². The molecule has 0 atom stereocenters. The fraction of sp³-hybridized carbons (Fsp3) is 0.389. The fourth-order valence-corrected chi connectivity index (χ4v) is 3.33. The van der Waals surface area contributed by atoms with Crippen molar-refractivity contribution in [3.63, 3.8) is 0 Å². The van der Waals surface area contributed by atoms with Gasteiger partial charge < -0.3 is 19.7 Å². The van der Waals surface area contributed by atoms with Crippen LogP contribution in [0.15, 0.2) is 35.8 Å². The van der Waals surface area contributed by atoms with Crippen LogP contribution in [0.4, 0.5) is 5.82 Å². The number of amides is 1. The van der Waals surface area contributed by atoms with Gasteiger partial charge in [0.25, 0.3) is 5.91 Å². The molecule has 0 aromatic carbocycles. The Kier molecular flexibility index (Phi) is 6.56. The van der Waals surface area contributed by atoms with E-state index in [1.54, 1.807) is 29.7 Å². The summed E-state index contributed by atoms with van der Waals surface area (Å²) < 4.78 is 10.5. The number of nitrogens with one attached hydrogen (secondary N) is 1. The number of carbonyl (C=O) groups is 2. The lowest BCUT2D eigenvalue weighted by Gasteiger charge is -2.28. The first-order chi connectivity index (χ1) is 12.7. The van der Waals surface area contributed by atoms with Crippen LogP contribution < -0.4 is 10.2 Å². The standard InChI is InChI=1S/C18H21N3O4S/c22-16(19-7-5-14-3-2-12-26-14)13-25-18(23)15-4-1-6-20-17(15)21-8-10-24-11-9-21/h1-4,6,12H,5,7-11,13H2,(H,19,22). The van der Waals surface area contributed by atoms with Crippen molar-refractivity contribution in [2.45, 2.75) is 6.42 Å². The van der Waals surface area contributed by atoms with E-state index in [0.717, 1.165) is 6.42 Å². The second-order valence-corrected chi connectivity index (χ2v) is 6.76. The molecule has 3 rings (SSSR count). The van der Waals surface area contributed by atoms with Crippen molar-refractivity contribution in [1.82, 2.24) is 10.3 Å². The molecule has 0 bridgehead atoms. The Morgan fingerprint density at radius 1 is 1.27 bits per heavy atom. The molecule has 7 nitrogen and oxygen atoms in total. The average Bonchev–Trinajstić information content (AvgIpc) is 3.20. The van der Waals surface area contributed by atoms with Crippen LogP contribution in [-0.4, -0.2) is 56.3 Å². The average molecular weight is 375 g/mol. The number of anilines is 1. The van der Waals surface area contributed by atoms with E-state index in [0.29, 0.717) is 44.2 Å². The van der Waals surface area contributed by atoms with Crippen LogP contribution in [0.1, 0.15) is 15.2 Å². The summed E-state index contributed by atoms with van der Waals surface area (Å²) in [6, 6.07) is 7.34. The molecule has 26 heavy (non-hydrogen) atoms. The summed E-state index contributed by atoms with van der Waals surface area (Å²) in [6.07, 6.45) is 2.40. The Bertz CT molecular complexity index is 730.